The number of methoxy groups -OCH3 is 1. The van der Waals surface area contributed by atoms with E-state index < -0.39 is 12.0 Å². The molecule has 0 unspecified atom stereocenters. The number of allylic oxidation sites excluding steroid dienone is 1. The van der Waals surface area contributed by atoms with E-state index >= 15 is 0 Å². The van der Waals surface area contributed by atoms with E-state index in [2.05, 4.69) is 15.0 Å². The summed E-state index contributed by atoms with van der Waals surface area (Å²) in [7, 11) is 1.52. The van der Waals surface area contributed by atoms with Gasteiger partial charge in [0.2, 0.25) is 0 Å². The lowest BCUT2D eigenvalue weighted by Crippen LogP contribution is -2.40. The third-order valence-electron chi connectivity index (χ3n) is 5.91. The van der Waals surface area contributed by atoms with Gasteiger partial charge in [0.05, 0.1) is 29.0 Å². The second-order valence-electron chi connectivity index (χ2n) is 9.16. The van der Waals surface area contributed by atoms with Gasteiger partial charge in [0.15, 0.2) is 15.1 Å². The molecule has 5 rings (SSSR count). The van der Waals surface area contributed by atoms with E-state index in [-0.39, 0.29) is 17.2 Å². The van der Waals surface area contributed by atoms with E-state index in [0.717, 1.165) is 5.69 Å². The Morgan fingerprint density at radius 1 is 1.23 bits per heavy atom. The fourth-order valence-corrected chi connectivity index (χ4v) is 6.20. The first-order valence-electron chi connectivity index (χ1n) is 12.3. The first-order chi connectivity index (χ1) is 19.1. The fraction of sp³-hybridized carbons (Fsp3) is 0.250. The number of hydrogen-bond donors (Lipinski definition) is 0. The number of carbonyl (C=O) groups is 1. The number of nitrogens with zero attached hydrogens (tertiary/aromatic N) is 4. The third kappa shape index (κ3) is 5.63. The molecule has 0 aliphatic carbocycles. The van der Waals surface area contributed by atoms with E-state index in [4.69, 9.17) is 25.5 Å². The molecular formula is C28H25ClN4O5S2. The summed E-state index contributed by atoms with van der Waals surface area (Å²) in [5.41, 5.74) is 1.74. The highest BCUT2D eigenvalue weighted by Crippen LogP contribution is 2.37. The molecule has 0 amide bonds. The number of aryl methyl sites for hydroxylation is 1. The van der Waals surface area contributed by atoms with E-state index in [0.29, 0.717) is 47.4 Å². The predicted octanol–water partition coefficient (Wildman–Crippen LogP) is 4.69. The molecule has 0 radical (unpaired) electrons. The largest absolute Gasteiger partial charge is 0.496 e. The molecule has 12 heteroatoms. The van der Waals surface area contributed by atoms with E-state index in [1.165, 1.54) is 34.8 Å². The molecule has 0 bridgehead atoms. The van der Waals surface area contributed by atoms with Gasteiger partial charge in [-0.05, 0) is 75.9 Å². The molecule has 3 aromatic heterocycles. The van der Waals surface area contributed by atoms with Crippen molar-refractivity contribution in [3.8, 4) is 5.75 Å². The molecule has 4 heterocycles. The van der Waals surface area contributed by atoms with Crippen LogP contribution in [0.5, 0.6) is 5.75 Å². The van der Waals surface area contributed by atoms with Crippen molar-refractivity contribution in [2.75, 3.05) is 7.11 Å². The molecular weight excluding hydrogens is 572 g/mol. The summed E-state index contributed by atoms with van der Waals surface area (Å²) in [5.74, 6) is 0.385. The van der Waals surface area contributed by atoms with Crippen LogP contribution in [0.3, 0.4) is 0 Å². The highest BCUT2D eigenvalue weighted by molar-refractivity contribution is 7.99. The summed E-state index contributed by atoms with van der Waals surface area (Å²) in [6.07, 6.45) is 2.98. The normalized spacial score (nSPS) is 15.3. The third-order valence-corrected chi connectivity index (χ3v) is 7.93. The van der Waals surface area contributed by atoms with E-state index in [9.17, 15) is 9.59 Å². The van der Waals surface area contributed by atoms with Crippen molar-refractivity contribution in [1.82, 2.24) is 14.5 Å². The van der Waals surface area contributed by atoms with Crippen molar-refractivity contribution in [2.45, 2.75) is 50.1 Å². The lowest BCUT2D eigenvalue weighted by molar-refractivity contribution is -0.143. The van der Waals surface area contributed by atoms with Gasteiger partial charge < -0.3 is 13.9 Å². The molecule has 0 fully saturated rings. The molecule has 206 valence electrons. The number of ether oxygens (including phenoxy) is 2. The molecule has 9 nitrogen and oxygen atoms in total. The second kappa shape index (κ2) is 11.4. The van der Waals surface area contributed by atoms with Crippen molar-refractivity contribution in [3.05, 3.63) is 95.6 Å². The minimum Gasteiger partial charge on any atom is -0.496 e. The van der Waals surface area contributed by atoms with Crippen molar-refractivity contribution >= 4 is 46.7 Å². The van der Waals surface area contributed by atoms with Crippen LogP contribution in [0.1, 0.15) is 43.8 Å². The summed E-state index contributed by atoms with van der Waals surface area (Å²) < 4.78 is 19.0. The van der Waals surface area contributed by atoms with Gasteiger partial charge in [-0.1, -0.05) is 22.9 Å². The number of aromatic nitrogens is 3. The SMILES string of the molecule is COc1ccc(Cl)cc1[C@H]1C(C(=O)OC(C)C)=C(C)N=c2s/c(=C\c3ccc(Sc4nccc(C)n4)o3)c(=O)n21. The zero-order valence-electron chi connectivity index (χ0n) is 22.3. The number of hydrogen-bond acceptors (Lipinski definition) is 10. The zero-order chi connectivity index (χ0) is 28.6. The number of carbonyl (C=O) groups excluding carboxylic acids is 1. The molecule has 40 heavy (non-hydrogen) atoms. The van der Waals surface area contributed by atoms with Crippen molar-refractivity contribution < 1.29 is 18.7 Å². The van der Waals surface area contributed by atoms with Gasteiger partial charge >= 0.3 is 5.97 Å². The summed E-state index contributed by atoms with van der Waals surface area (Å²) in [6, 6.07) is 9.60. The van der Waals surface area contributed by atoms with Gasteiger partial charge in [-0.3, -0.25) is 9.36 Å². The van der Waals surface area contributed by atoms with Gasteiger partial charge in [0, 0.05) is 28.6 Å². The maximum absolute atomic E-state index is 13.9. The van der Waals surface area contributed by atoms with Crippen LogP contribution in [0.15, 0.2) is 78.3 Å². The van der Waals surface area contributed by atoms with Crippen LogP contribution in [0.25, 0.3) is 6.08 Å². The molecule has 0 N–H and O–H groups in total. The highest BCUT2D eigenvalue weighted by atomic mass is 35.5. The number of halogens is 1. The van der Waals surface area contributed by atoms with Crippen LogP contribution in [0.2, 0.25) is 5.02 Å². The number of benzene rings is 1. The highest BCUT2D eigenvalue weighted by Gasteiger charge is 2.35. The zero-order valence-corrected chi connectivity index (χ0v) is 24.7. The average molecular weight is 597 g/mol. The van der Waals surface area contributed by atoms with Crippen LogP contribution >= 0.6 is 34.7 Å². The fourth-order valence-electron chi connectivity index (χ4n) is 4.23. The summed E-state index contributed by atoms with van der Waals surface area (Å²) in [6.45, 7) is 7.14. The minimum absolute atomic E-state index is 0.239. The monoisotopic (exact) mass is 596 g/mol. The molecule has 0 saturated heterocycles. The van der Waals surface area contributed by atoms with Crippen molar-refractivity contribution in [3.63, 3.8) is 0 Å². The minimum atomic E-state index is -0.862. The first-order valence-corrected chi connectivity index (χ1v) is 14.3. The Morgan fingerprint density at radius 3 is 2.75 bits per heavy atom. The molecule has 1 aliphatic heterocycles. The Kier molecular flexibility index (Phi) is 7.97. The summed E-state index contributed by atoms with van der Waals surface area (Å²) in [5, 5.41) is 1.58. The van der Waals surface area contributed by atoms with Crippen LogP contribution in [-0.2, 0) is 9.53 Å². The van der Waals surface area contributed by atoms with E-state index in [1.54, 1.807) is 63.4 Å². The van der Waals surface area contributed by atoms with Gasteiger partial charge in [0.25, 0.3) is 5.56 Å². The maximum Gasteiger partial charge on any atom is 0.338 e. The van der Waals surface area contributed by atoms with Crippen LogP contribution in [0, 0.1) is 6.92 Å². The quantitative estimate of drug-likeness (QED) is 0.223. The molecule has 1 atom stereocenters. The molecule has 0 spiro atoms. The van der Waals surface area contributed by atoms with Gasteiger partial charge in [-0.25, -0.2) is 19.8 Å². The smallest absolute Gasteiger partial charge is 0.338 e. The summed E-state index contributed by atoms with van der Waals surface area (Å²) >= 11 is 8.84. The Morgan fingerprint density at radius 2 is 2.02 bits per heavy atom. The van der Waals surface area contributed by atoms with Crippen LogP contribution in [-0.4, -0.2) is 33.7 Å². The Labute approximate surface area is 242 Å². The average Bonchev–Trinajstić information content (AvgIpc) is 3.46. The second-order valence-corrected chi connectivity index (χ2v) is 11.6. The first kappa shape index (κ1) is 27.9. The van der Waals surface area contributed by atoms with Crippen molar-refractivity contribution in [2.24, 2.45) is 4.99 Å². The predicted molar refractivity (Wildman–Crippen MR) is 153 cm³/mol. The standard InChI is InChI=1S/C28H25ClN4O5S2/c1-14(2)37-26(35)23-16(4)32-28-33(24(23)19-12-17(29)6-8-20(19)36-5)25(34)21(39-28)13-18-7-9-22(38-18)40-27-30-11-10-15(3)31-27/h6-14,24H,1-5H3/b21-13-/t24-/m0/s1. The van der Waals surface area contributed by atoms with Gasteiger partial charge in [0.1, 0.15) is 17.6 Å². The maximum atomic E-state index is 13.9. The number of fused-ring (bicyclic) bond motifs is 1. The van der Waals surface area contributed by atoms with Gasteiger partial charge in [-0.15, -0.1) is 0 Å². The van der Waals surface area contributed by atoms with Gasteiger partial charge in [-0.2, -0.15) is 0 Å². The number of esters is 1. The van der Waals surface area contributed by atoms with Crippen LogP contribution in [0.4, 0.5) is 0 Å². The number of thiazole rings is 1. The Balaban J connectivity index is 1.62. The lowest BCUT2D eigenvalue weighted by Gasteiger charge is -2.26. The molecule has 1 aliphatic rings. The number of rotatable bonds is 7. The molecule has 4 aromatic rings. The topological polar surface area (TPSA) is 109 Å². The van der Waals surface area contributed by atoms with Crippen molar-refractivity contribution in [1.29, 1.82) is 0 Å². The van der Waals surface area contributed by atoms with Crippen LogP contribution < -0.4 is 19.6 Å². The number of furan rings is 1. The lowest BCUT2D eigenvalue weighted by atomic mass is 9.95. The Hall–Kier alpha value is -3.67. The summed E-state index contributed by atoms with van der Waals surface area (Å²) in [4.78, 5) is 40.9. The molecule has 1 aromatic carbocycles. The van der Waals surface area contributed by atoms with E-state index in [1.807, 2.05) is 13.0 Å². The Bertz CT molecular complexity index is 1820. The molecule has 0 saturated carbocycles.